The fourth-order valence-electron chi connectivity index (χ4n) is 1.87. The number of halogens is 1. The zero-order valence-corrected chi connectivity index (χ0v) is 12.0. The Morgan fingerprint density at radius 2 is 2.10 bits per heavy atom. The van der Waals surface area contributed by atoms with E-state index < -0.39 is 0 Å². The van der Waals surface area contributed by atoms with Crippen LogP contribution < -0.4 is 10.5 Å². The van der Waals surface area contributed by atoms with Crippen molar-refractivity contribution in [1.82, 2.24) is 9.78 Å². The maximum Gasteiger partial charge on any atom is 0.253 e. The number of nitrogens with two attached hydrogens (primary N) is 1. The van der Waals surface area contributed by atoms with Crippen LogP contribution in [0.4, 0.5) is 10.2 Å². The van der Waals surface area contributed by atoms with E-state index in [1.807, 2.05) is 19.9 Å². The van der Waals surface area contributed by atoms with Gasteiger partial charge in [-0.2, -0.15) is 5.26 Å². The smallest absolute Gasteiger partial charge is 0.253 e. The summed E-state index contributed by atoms with van der Waals surface area (Å²) in [5.74, 6) is 0.210. The number of nitrogens with zero attached hydrogens (tertiary/aromatic N) is 3. The largest absolute Gasteiger partial charge is 0.471 e. The van der Waals surface area contributed by atoms with Crippen LogP contribution in [0, 0.1) is 17.1 Å². The highest BCUT2D eigenvalue weighted by Gasteiger charge is 2.19. The van der Waals surface area contributed by atoms with Gasteiger partial charge in [0.15, 0.2) is 5.56 Å². The second-order valence-electron chi connectivity index (χ2n) is 4.79. The number of rotatable bonds is 5. The van der Waals surface area contributed by atoms with Crippen molar-refractivity contribution in [2.24, 2.45) is 0 Å². The van der Waals surface area contributed by atoms with Crippen molar-refractivity contribution >= 4 is 5.82 Å². The number of aromatic nitrogens is 2. The van der Waals surface area contributed by atoms with Crippen molar-refractivity contribution in [3.05, 3.63) is 41.2 Å². The Labute approximate surface area is 122 Å². The first-order chi connectivity index (χ1) is 10.1. The number of nitriles is 1. The predicted octanol–water partition coefficient (Wildman–Crippen LogP) is 3.03. The van der Waals surface area contributed by atoms with E-state index in [2.05, 4.69) is 5.10 Å². The molecule has 0 fully saturated rings. The van der Waals surface area contributed by atoms with Crippen LogP contribution in [0.1, 0.15) is 37.4 Å². The van der Waals surface area contributed by atoms with Crippen molar-refractivity contribution in [2.45, 2.75) is 32.9 Å². The zero-order valence-electron chi connectivity index (χ0n) is 12.0. The summed E-state index contributed by atoms with van der Waals surface area (Å²) >= 11 is 0. The van der Waals surface area contributed by atoms with Gasteiger partial charge >= 0.3 is 0 Å². The van der Waals surface area contributed by atoms with Gasteiger partial charge in [-0.05, 0) is 31.0 Å². The molecule has 1 atom stereocenters. The molecule has 0 saturated heterocycles. The Morgan fingerprint density at radius 3 is 2.67 bits per heavy atom. The minimum absolute atomic E-state index is 0.0836. The van der Waals surface area contributed by atoms with Crippen LogP contribution in [0.2, 0.25) is 0 Å². The second kappa shape index (κ2) is 6.27. The predicted molar refractivity (Wildman–Crippen MR) is 77.1 cm³/mol. The summed E-state index contributed by atoms with van der Waals surface area (Å²) in [6.07, 6.45) is 0.841. The number of nitrogen functional groups attached to an aromatic ring is 1. The molecule has 0 spiro atoms. The maximum atomic E-state index is 12.8. The summed E-state index contributed by atoms with van der Waals surface area (Å²) in [5.41, 5.74) is 6.95. The molecular weight excluding hydrogens is 271 g/mol. The molecule has 0 aliphatic heterocycles. The minimum Gasteiger partial charge on any atom is -0.471 e. The van der Waals surface area contributed by atoms with Crippen LogP contribution in [0.25, 0.3) is 0 Å². The van der Waals surface area contributed by atoms with E-state index >= 15 is 0 Å². The molecule has 0 aliphatic rings. The fraction of sp³-hybridized carbons (Fsp3) is 0.333. The first-order valence-corrected chi connectivity index (χ1v) is 6.72. The van der Waals surface area contributed by atoms with E-state index in [-0.39, 0.29) is 29.9 Å². The lowest BCUT2D eigenvalue weighted by molar-refractivity contribution is 0.286. The standard InChI is InChI=1S/C15H17FN4O/c1-3-10(2)20-14(18)13(8-17)15(19-20)21-9-11-4-6-12(16)7-5-11/h4-7,10H,3,9,18H2,1-2H3/t10-/m1/s1. The lowest BCUT2D eigenvalue weighted by Gasteiger charge is -2.10. The van der Waals surface area contributed by atoms with Crippen LogP contribution in [-0.2, 0) is 6.61 Å². The van der Waals surface area contributed by atoms with Crippen molar-refractivity contribution in [3.63, 3.8) is 0 Å². The van der Waals surface area contributed by atoms with Crippen LogP contribution in [0.3, 0.4) is 0 Å². The average Bonchev–Trinajstić information content (AvgIpc) is 2.82. The Hall–Kier alpha value is -2.55. The second-order valence-corrected chi connectivity index (χ2v) is 4.79. The quantitative estimate of drug-likeness (QED) is 0.917. The third-order valence-electron chi connectivity index (χ3n) is 3.32. The maximum absolute atomic E-state index is 12.8. The van der Waals surface area contributed by atoms with Crippen LogP contribution in [-0.4, -0.2) is 9.78 Å². The molecule has 0 radical (unpaired) electrons. The molecule has 1 aromatic heterocycles. The molecule has 0 aliphatic carbocycles. The molecule has 0 unspecified atom stereocenters. The first-order valence-electron chi connectivity index (χ1n) is 6.72. The lowest BCUT2D eigenvalue weighted by atomic mass is 10.2. The van der Waals surface area contributed by atoms with Gasteiger partial charge in [-0.15, -0.1) is 5.10 Å². The van der Waals surface area contributed by atoms with E-state index in [0.29, 0.717) is 5.82 Å². The Kier molecular flexibility index (Phi) is 4.43. The van der Waals surface area contributed by atoms with Crippen molar-refractivity contribution in [3.8, 4) is 11.9 Å². The van der Waals surface area contributed by atoms with Gasteiger partial charge in [0, 0.05) is 0 Å². The van der Waals surface area contributed by atoms with Gasteiger partial charge in [0.25, 0.3) is 5.88 Å². The first kappa shape index (κ1) is 14.9. The van der Waals surface area contributed by atoms with Crippen molar-refractivity contribution in [1.29, 1.82) is 5.26 Å². The van der Waals surface area contributed by atoms with Crippen LogP contribution in [0.15, 0.2) is 24.3 Å². The van der Waals surface area contributed by atoms with Gasteiger partial charge in [-0.1, -0.05) is 19.1 Å². The summed E-state index contributed by atoms with van der Waals surface area (Å²) in [5, 5.41) is 13.4. The minimum atomic E-state index is -0.304. The number of ether oxygens (including phenoxy) is 1. The number of anilines is 1. The highest BCUT2D eigenvalue weighted by molar-refractivity contribution is 5.55. The van der Waals surface area contributed by atoms with Gasteiger partial charge in [0.2, 0.25) is 0 Å². The normalized spacial score (nSPS) is 11.9. The van der Waals surface area contributed by atoms with E-state index in [9.17, 15) is 9.65 Å². The molecule has 2 rings (SSSR count). The number of hydrogen-bond donors (Lipinski definition) is 1. The van der Waals surface area contributed by atoms with E-state index in [4.69, 9.17) is 10.5 Å². The molecule has 21 heavy (non-hydrogen) atoms. The highest BCUT2D eigenvalue weighted by Crippen LogP contribution is 2.27. The van der Waals surface area contributed by atoms with Gasteiger partial charge in [-0.25, -0.2) is 9.07 Å². The summed E-state index contributed by atoms with van der Waals surface area (Å²) in [6, 6.07) is 8.06. The summed E-state index contributed by atoms with van der Waals surface area (Å²) in [6.45, 7) is 4.18. The topological polar surface area (TPSA) is 76.9 Å². The zero-order chi connectivity index (χ0) is 15.4. The average molecular weight is 288 g/mol. The van der Waals surface area contributed by atoms with E-state index in [0.717, 1.165) is 12.0 Å². The van der Waals surface area contributed by atoms with E-state index in [1.165, 1.54) is 12.1 Å². The molecule has 0 bridgehead atoms. The van der Waals surface area contributed by atoms with Crippen LogP contribution >= 0.6 is 0 Å². The summed E-state index contributed by atoms with van der Waals surface area (Å²) < 4.78 is 20.0. The van der Waals surface area contributed by atoms with Gasteiger partial charge in [0.1, 0.15) is 24.3 Å². The monoisotopic (exact) mass is 288 g/mol. The molecule has 110 valence electrons. The van der Waals surface area contributed by atoms with Crippen molar-refractivity contribution in [2.75, 3.05) is 5.73 Å². The molecule has 2 N–H and O–H groups in total. The SMILES string of the molecule is CC[C@@H](C)n1nc(OCc2ccc(F)cc2)c(C#N)c1N. The Balaban J connectivity index is 2.20. The molecule has 5 nitrogen and oxygen atoms in total. The van der Waals surface area contributed by atoms with Gasteiger partial charge in [0.05, 0.1) is 6.04 Å². The molecule has 0 saturated carbocycles. The fourth-order valence-corrected chi connectivity index (χ4v) is 1.87. The van der Waals surface area contributed by atoms with Crippen molar-refractivity contribution < 1.29 is 9.13 Å². The molecular formula is C15H17FN4O. The molecule has 6 heteroatoms. The summed E-state index contributed by atoms with van der Waals surface area (Å²) in [7, 11) is 0. The van der Waals surface area contributed by atoms with Gasteiger partial charge in [-0.3, -0.25) is 0 Å². The third-order valence-corrected chi connectivity index (χ3v) is 3.32. The van der Waals surface area contributed by atoms with E-state index in [1.54, 1.807) is 16.8 Å². The van der Waals surface area contributed by atoms with Gasteiger partial charge < -0.3 is 10.5 Å². The van der Waals surface area contributed by atoms with Crippen LogP contribution in [0.5, 0.6) is 5.88 Å². The Bertz CT molecular complexity index is 658. The third kappa shape index (κ3) is 3.14. The highest BCUT2D eigenvalue weighted by atomic mass is 19.1. The molecule has 1 heterocycles. The number of hydrogen-bond acceptors (Lipinski definition) is 4. The lowest BCUT2D eigenvalue weighted by Crippen LogP contribution is -2.09. The molecule has 2 aromatic rings. The number of benzene rings is 1. The Morgan fingerprint density at radius 1 is 1.43 bits per heavy atom. The summed E-state index contributed by atoms with van der Waals surface area (Å²) in [4.78, 5) is 0. The molecule has 1 aromatic carbocycles. The molecule has 0 amide bonds.